The number of aromatic amines is 1. The van der Waals surface area contributed by atoms with Crippen LogP contribution in [0, 0.1) is 5.82 Å². The van der Waals surface area contributed by atoms with E-state index in [4.69, 9.17) is 0 Å². The van der Waals surface area contributed by atoms with Gasteiger partial charge in [-0.05, 0) is 55.6 Å². The average molecular weight is 480 g/mol. The first kappa shape index (κ1) is 24.9. The Kier molecular flexibility index (Phi) is 8.15. The number of benzene rings is 2. The van der Waals surface area contributed by atoms with Crippen LogP contribution in [0.1, 0.15) is 40.3 Å². The van der Waals surface area contributed by atoms with E-state index in [-0.39, 0.29) is 11.7 Å². The van der Waals surface area contributed by atoms with Crippen LogP contribution < -0.4 is 10.2 Å². The van der Waals surface area contributed by atoms with Crippen molar-refractivity contribution in [3.8, 4) is 0 Å². The van der Waals surface area contributed by atoms with Gasteiger partial charge in [0, 0.05) is 73.5 Å². The lowest BCUT2D eigenvalue weighted by Crippen LogP contribution is -2.49. The van der Waals surface area contributed by atoms with Crippen molar-refractivity contribution in [3.63, 3.8) is 0 Å². The maximum atomic E-state index is 14.1. The molecule has 0 saturated carbocycles. The number of halogens is 1. The van der Waals surface area contributed by atoms with Gasteiger partial charge in [0.2, 0.25) is 0 Å². The lowest BCUT2D eigenvalue weighted by Gasteiger charge is -2.36. The Bertz CT molecular complexity index is 1150. The number of nitrogens with one attached hydrogen (secondary N) is 2. The number of carbonyl (C=O) groups excluding carboxylic acids is 2. The second-order valence-corrected chi connectivity index (χ2v) is 8.86. The molecule has 3 aromatic rings. The van der Waals surface area contributed by atoms with E-state index in [2.05, 4.69) is 33.9 Å². The maximum absolute atomic E-state index is 14.1. The van der Waals surface area contributed by atoms with Crippen molar-refractivity contribution >= 4 is 28.8 Å². The quantitative estimate of drug-likeness (QED) is 0.344. The number of fused-ring (bicyclic) bond motifs is 1. The predicted molar refractivity (Wildman–Crippen MR) is 138 cm³/mol. The molecule has 186 valence electrons. The molecule has 1 saturated heterocycles. The number of nitrogens with zero attached hydrogens (tertiary/aromatic N) is 3. The normalized spacial score (nSPS) is 14.2. The Morgan fingerprint density at radius 2 is 1.80 bits per heavy atom. The zero-order chi connectivity index (χ0) is 24.8. The third-order valence-corrected chi connectivity index (χ3v) is 6.84. The van der Waals surface area contributed by atoms with Crippen LogP contribution in [0.25, 0.3) is 10.9 Å². The van der Waals surface area contributed by atoms with E-state index in [1.807, 2.05) is 29.2 Å². The van der Waals surface area contributed by atoms with Crippen LogP contribution in [-0.4, -0.2) is 79.3 Å². The van der Waals surface area contributed by atoms with Gasteiger partial charge in [0.05, 0.1) is 0 Å². The third-order valence-electron chi connectivity index (χ3n) is 6.84. The molecule has 2 N–H and O–H groups in total. The molecule has 1 aromatic heterocycles. The fourth-order valence-electron chi connectivity index (χ4n) is 4.67. The van der Waals surface area contributed by atoms with Crippen molar-refractivity contribution in [2.75, 3.05) is 57.3 Å². The minimum atomic E-state index is -0.311. The first-order valence-corrected chi connectivity index (χ1v) is 12.4. The van der Waals surface area contributed by atoms with Crippen molar-refractivity contribution < 1.29 is 14.0 Å². The van der Waals surface area contributed by atoms with Gasteiger partial charge in [-0.25, -0.2) is 4.39 Å². The fraction of sp³-hybridized carbons (Fsp3) is 0.407. The van der Waals surface area contributed by atoms with Crippen molar-refractivity contribution in [2.45, 2.75) is 20.4 Å². The van der Waals surface area contributed by atoms with E-state index in [1.165, 1.54) is 12.1 Å². The monoisotopic (exact) mass is 479 g/mol. The Morgan fingerprint density at radius 1 is 1.09 bits per heavy atom. The summed E-state index contributed by atoms with van der Waals surface area (Å²) >= 11 is 0. The minimum absolute atomic E-state index is 0.0573. The molecule has 8 heteroatoms. The molecule has 1 amide bonds. The molecular formula is C27H34FN5O2. The molecule has 0 atom stereocenters. The van der Waals surface area contributed by atoms with Gasteiger partial charge in [-0.1, -0.05) is 13.8 Å². The molecule has 4 rings (SSSR count). The van der Waals surface area contributed by atoms with E-state index in [1.54, 1.807) is 6.07 Å². The summed E-state index contributed by atoms with van der Waals surface area (Å²) in [4.78, 5) is 34.1. The standard InChI is InChI=1S/C27H34FN5O2/c1-3-31(4-2)12-11-29-18-24-23-17-21(28)7-10-25(23)30-26(24)27(35)33-15-13-32(14-16-33)22-8-5-20(19-34)6-9-22/h5-10,17,19,29-30H,3-4,11-16,18H2,1-2H3. The largest absolute Gasteiger partial charge is 0.368 e. The molecule has 2 aromatic carbocycles. The van der Waals surface area contributed by atoms with Gasteiger partial charge < -0.3 is 25.0 Å². The Labute approximate surface area is 205 Å². The molecule has 7 nitrogen and oxygen atoms in total. The van der Waals surface area contributed by atoms with Crippen LogP contribution >= 0.6 is 0 Å². The van der Waals surface area contributed by atoms with E-state index < -0.39 is 0 Å². The number of likely N-dealkylation sites (N-methyl/N-ethyl adjacent to an activating group) is 1. The van der Waals surface area contributed by atoms with Crippen molar-refractivity contribution in [3.05, 3.63) is 65.1 Å². The average Bonchev–Trinajstić information content (AvgIpc) is 3.26. The smallest absolute Gasteiger partial charge is 0.270 e. The highest BCUT2D eigenvalue weighted by atomic mass is 19.1. The number of hydrogen-bond acceptors (Lipinski definition) is 5. The summed E-state index contributed by atoms with van der Waals surface area (Å²) in [5, 5.41) is 4.19. The number of hydrogen-bond donors (Lipinski definition) is 2. The molecular weight excluding hydrogens is 445 g/mol. The van der Waals surface area contributed by atoms with Gasteiger partial charge in [0.15, 0.2) is 0 Å². The topological polar surface area (TPSA) is 71.7 Å². The number of aldehydes is 1. The first-order chi connectivity index (χ1) is 17.0. The summed E-state index contributed by atoms with van der Waals surface area (Å²) in [6.45, 7) is 11.1. The summed E-state index contributed by atoms with van der Waals surface area (Å²) < 4.78 is 14.1. The molecule has 0 aliphatic carbocycles. The zero-order valence-corrected chi connectivity index (χ0v) is 20.5. The highest BCUT2D eigenvalue weighted by Crippen LogP contribution is 2.26. The van der Waals surface area contributed by atoms with Gasteiger partial charge in [0.25, 0.3) is 5.91 Å². The van der Waals surface area contributed by atoms with E-state index in [9.17, 15) is 14.0 Å². The molecule has 0 bridgehead atoms. The molecule has 0 spiro atoms. The number of piperazine rings is 1. The Morgan fingerprint density at radius 3 is 2.46 bits per heavy atom. The van der Waals surface area contributed by atoms with E-state index in [0.29, 0.717) is 44.0 Å². The van der Waals surface area contributed by atoms with E-state index >= 15 is 0 Å². The second-order valence-electron chi connectivity index (χ2n) is 8.86. The zero-order valence-electron chi connectivity index (χ0n) is 20.5. The molecule has 1 aliphatic heterocycles. The van der Waals surface area contributed by atoms with Crippen molar-refractivity contribution in [1.82, 2.24) is 20.1 Å². The van der Waals surface area contributed by atoms with Crippen molar-refractivity contribution in [1.29, 1.82) is 0 Å². The summed E-state index contributed by atoms with van der Waals surface area (Å²) in [7, 11) is 0. The van der Waals surface area contributed by atoms with Gasteiger partial charge in [0.1, 0.15) is 17.8 Å². The molecule has 1 fully saturated rings. The molecule has 1 aliphatic rings. The fourth-order valence-corrected chi connectivity index (χ4v) is 4.67. The van der Waals surface area contributed by atoms with Gasteiger partial charge in [-0.3, -0.25) is 9.59 Å². The van der Waals surface area contributed by atoms with Crippen LogP contribution in [0.3, 0.4) is 0 Å². The lowest BCUT2D eigenvalue weighted by molar-refractivity contribution is 0.0740. The number of rotatable bonds is 10. The maximum Gasteiger partial charge on any atom is 0.270 e. The number of H-pyrrole nitrogens is 1. The highest BCUT2D eigenvalue weighted by Gasteiger charge is 2.26. The summed E-state index contributed by atoms with van der Waals surface area (Å²) in [5.41, 5.74) is 3.81. The Hall–Kier alpha value is -3.23. The summed E-state index contributed by atoms with van der Waals surface area (Å²) in [6, 6.07) is 12.1. The number of carbonyl (C=O) groups is 2. The number of anilines is 1. The Balaban J connectivity index is 1.46. The number of aromatic nitrogens is 1. The summed E-state index contributed by atoms with van der Waals surface area (Å²) in [5.74, 6) is -0.368. The highest BCUT2D eigenvalue weighted by molar-refractivity contribution is 6.01. The predicted octanol–water partition coefficient (Wildman–Crippen LogP) is 3.51. The van der Waals surface area contributed by atoms with Gasteiger partial charge in [-0.2, -0.15) is 0 Å². The molecule has 0 radical (unpaired) electrons. The van der Waals surface area contributed by atoms with Gasteiger partial charge in [-0.15, -0.1) is 0 Å². The van der Waals surface area contributed by atoms with Crippen LogP contribution in [0.15, 0.2) is 42.5 Å². The lowest BCUT2D eigenvalue weighted by atomic mass is 10.1. The SMILES string of the molecule is CCN(CC)CCNCc1c(C(=O)N2CCN(c3ccc(C=O)cc3)CC2)[nH]c2ccc(F)cc12. The second kappa shape index (κ2) is 11.5. The molecule has 0 unspecified atom stereocenters. The van der Waals surface area contributed by atoms with Crippen LogP contribution in [-0.2, 0) is 6.54 Å². The van der Waals surface area contributed by atoms with Crippen molar-refractivity contribution in [2.24, 2.45) is 0 Å². The molecule has 35 heavy (non-hydrogen) atoms. The van der Waals surface area contributed by atoms with Crippen LogP contribution in [0.5, 0.6) is 0 Å². The van der Waals surface area contributed by atoms with E-state index in [0.717, 1.165) is 54.6 Å². The summed E-state index contributed by atoms with van der Waals surface area (Å²) in [6.07, 6.45) is 0.836. The number of amides is 1. The molecule has 2 heterocycles. The van der Waals surface area contributed by atoms with Crippen LogP contribution in [0.4, 0.5) is 10.1 Å². The van der Waals surface area contributed by atoms with Gasteiger partial charge >= 0.3 is 0 Å². The third kappa shape index (κ3) is 5.71. The van der Waals surface area contributed by atoms with Crippen LogP contribution in [0.2, 0.25) is 0 Å². The minimum Gasteiger partial charge on any atom is -0.368 e. The first-order valence-electron chi connectivity index (χ1n) is 12.4.